The third-order valence-electron chi connectivity index (χ3n) is 2.40. The summed E-state index contributed by atoms with van der Waals surface area (Å²) < 4.78 is 27.8. The van der Waals surface area contributed by atoms with E-state index in [1.807, 2.05) is 6.92 Å². The van der Waals surface area contributed by atoms with Gasteiger partial charge in [0.1, 0.15) is 0 Å². The largest absolute Gasteiger partial charge is 1.00 e. The van der Waals surface area contributed by atoms with Gasteiger partial charge in [-0.2, -0.15) is 0 Å². The zero-order valence-corrected chi connectivity index (χ0v) is 14.1. The predicted molar refractivity (Wildman–Crippen MR) is 72.5 cm³/mol. The molecule has 1 aromatic carbocycles. The molecular weight excluding hydrogens is 287 g/mol. The van der Waals surface area contributed by atoms with Crippen molar-refractivity contribution in [1.29, 1.82) is 0 Å². The van der Waals surface area contributed by atoms with Gasteiger partial charge < -0.3 is 15.4 Å². The molecule has 0 bridgehead atoms. The van der Waals surface area contributed by atoms with Crippen molar-refractivity contribution >= 4 is 21.5 Å². The molecule has 2 rings (SSSR count). The van der Waals surface area contributed by atoms with Crippen molar-refractivity contribution < 1.29 is 38.0 Å². The fourth-order valence-electron chi connectivity index (χ4n) is 1.43. The van der Waals surface area contributed by atoms with E-state index in [0.717, 1.165) is 0 Å². The molecule has 0 aliphatic rings. The van der Waals surface area contributed by atoms with Gasteiger partial charge >= 0.3 is 29.6 Å². The van der Waals surface area contributed by atoms with E-state index in [1.165, 1.54) is 36.5 Å². The predicted octanol–water partition coefficient (Wildman–Crippen LogP) is -0.981. The van der Waals surface area contributed by atoms with Crippen LogP contribution in [0.2, 0.25) is 0 Å². The van der Waals surface area contributed by atoms with Crippen molar-refractivity contribution in [3.63, 3.8) is 0 Å². The number of rotatable bonds is 4. The number of nitrogen functional groups attached to an aromatic ring is 1. The minimum atomic E-state index is -3.78. The number of aryl methyl sites for hydroxylation is 1. The molecule has 0 amide bonds. The molecule has 0 radical (unpaired) electrons. The Morgan fingerprint density at radius 3 is 2.45 bits per heavy atom. The normalized spacial score (nSPS) is 10.7. The standard InChI is InChI=1S/C12H13N4O2S.Na/c1-2-11-14-8-7-12(15-11)16-19(17,18)10-5-3-9(13)4-6-10;/h3-8H,2,13H2,1H3;/q-1;+1. The average molecular weight is 300 g/mol. The molecule has 0 fully saturated rings. The molecule has 0 aliphatic heterocycles. The maximum atomic E-state index is 12.0. The molecule has 2 N–H and O–H groups in total. The molecule has 2 aromatic rings. The third-order valence-corrected chi connectivity index (χ3v) is 3.69. The summed E-state index contributed by atoms with van der Waals surface area (Å²) in [6.45, 7) is 1.88. The molecule has 0 unspecified atom stereocenters. The molecule has 0 saturated heterocycles. The molecule has 20 heavy (non-hydrogen) atoms. The Morgan fingerprint density at radius 2 is 1.85 bits per heavy atom. The summed E-state index contributed by atoms with van der Waals surface area (Å²) in [6, 6.07) is 7.31. The first kappa shape index (κ1) is 16.9. The Balaban J connectivity index is 0.00000200. The molecular formula is C12H13N4NaO2S. The second-order valence-electron chi connectivity index (χ2n) is 3.82. The third kappa shape index (κ3) is 4.17. The van der Waals surface area contributed by atoms with Crippen LogP contribution in [-0.2, 0) is 16.4 Å². The van der Waals surface area contributed by atoms with Gasteiger partial charge in [-0.15, -0.1) is 0 Å². The van der Waals surface area contributed by atoms with Gasteiger partial charge in [0.15, 0.2) is 0 Å². The maximum absolute atomic E-state index is 12.0. The number of benzene rings is 1. The summed E-state index contributed by atoms with van der Waals surface area (Å²) in [7, 11) is -3.78. The number of anilines is 1. The molecule has 1 aromatic heterocycles. The fraction of sp³-hybridized carbons (Fsp3) is 0.167. The first-order valence-corrected chi connectivity index (χ1v) is 7.11. The van der Waals surface area contributed by atoms with Crippen LogP contribution in [-0.4, -0.2) is 18.4 Å². The van der Waals surface area contributed by atoms with E-state index in [1.54, 1.807) is 0 Å². The first-order valence-electron chi connectivity index (χ1n) is 5.67. The van der Waals surface area contributed by atoms with Gasteiger partial charge in [0.25, 0.3) is 0 Å². The van der Waals surface area contributed by atoms with Crippen LogP contribution in [0, 0.1) is 0 Å². The number of nitrogens with zero attached hydrogens (tertiary/aromatic N) is 3. The van der Waals surface area contributed by atoms with E-state index in [9.17, 15) is 8.42 Å². The Kier molecular flexibility index (Phi) is 5.94. The van der Waals surface area contributed by atoms with Gasteiger partial charge in [-0.3, -0.25) is 4.98 Å². The van der Waals surface area contributed by atoms with Crippen molar-refractivity contribution in [3.05, 3.63) is 47.1 Å². The molecule has 1 heterocycles. The minimum Gasteiger partial charge on any atom is -0.423 e. The van der Waals surface area contributed by atoms with Gasteiger partial charge in [-0.05, 0) is 42.6 Å². The zero-order valence-electron chi connectivity index (χ0n) is 11.3. The van der Waals surface area contributed by atoms with E-state index in [0.29, 0.717) is 17.9 Å². The summed E-state index contributed by atoms with van der Waals surface area (Å²) in [5, 5.41) is 0. The quantitative estimate of drug-likeness (QED) is 0.578. The second kappa shape index (κ2) is 7.03. The van der Waals surface area contributed by atoms with Gasteiger partial charge in [0.05, 0.1) is 4.90 Å². The van der Waals surface area contributed by atoms with E-state index < -0.39 is 10.0 Å². The van der Waals surface area contributed by atoms with Crippen LogP contribution in [0.15, 0.2) is 41.4 Å². The van der Waals surface area contributed by atoms with Crippen LogP contribution < -0.4 is 35.3 Å². The summed E-state index contributed by atoms with van der Waals surface area (Å²) in [6.07, 6.45) is 2.11. The van der Waals surface area contributed by atoms with E-state index in [4.69, 9.17) is 5.73 Å². The number of hydrogen-bond donors (Lipinski definition) is 1. The summed E-state index contributed by atoms with van der Waals surface area (Å²) in [5.41, 5.74) is 6.01. The molecule has 0 spiro atoms. The minimum absolute atomic E-state index is 0. The van der Waals surface area contributed by atoms with Gasteiger partial charge in [0.2, 0.25) is 10.0 Å². The molecule has 0 atom stereocenters. The van der Waals surface area contributed by atoms with Crippen molar-refractivity contribution in [2.45, 2.75) is 18.2 Å². The summed E-state index contributed by atoms with van der Waals surface area (Å²) in [4.78, 5) is 8.11. The topological polar surface area (TPSA) is 100 Å². The molecule has 100 valence electrons. The van der Waals surface area contributed by atoms with Crippen LogP contribution in [0.5, 0.6) is 0 Å². The van der Waals surface area contributed by atoms with Crippen LogP contribution in [0.3, 0.4) is 0 Å². The maximum Gasteiger partial charge on any atom is 1.00 e. The molecule has 0 aliphatic carbocycles. The molecule has 6 nitrogen and oxygen atoms in total. The molecule has 0 saturated carbocycles. The Hall–Kier alpha value is -1.15. The van der Waals surface area contributed by atoms with Crippen LogP contribution >= 0.6 is 0 Å². The van der Waals surface area contributed by atoms with Crippen LogP contribution in [0.1, 0.15) is 12.7 Å². The molecule has 8 heteroatoms. The Bertz CT molecular complexity index is 674. The Morgan fingerprint density at radius 1 is 1.20 bits per heavy atom. The zero-order chi connectivity index (χ0) is 13.9. The first-order chi connectivity index (χ1) is 9.01. The summed E-state index contributed by atoms with van der Waals surface area (Å²) >= 11 is 0. The van der Waals surface area contributed by atoms with E-state index >= 15 is 0 Å². The van der Waals surface area contributed by atoms with E-state index in [2.05, 4.69) is 14.7 Å². The fourth-order valence-corrected chi connectivity index (χ4v) is 2.36. The number of hydrogen-bond acceptors (Lipinski definition) is 5. The summed E-state index contributed by atoms with van der Waals surface area (Å²) in [5.74, 6) is 0.678. The van der Waals surface area contributed by atoms with Crippen molar-refractivity contribution in [1.82, 2.24) is 9.97 Å². The van der Waals surface area contributed by atoms with Gasteiger partial charge in [-0.1, -0.05) is 6.92 Å². The number of sulfonamides is 1. The SMILES string of the molecule is CCc1nccc([N-]S(=O)(=O)c2ccc(N)cc2)n1.[Na+]. The number of nitrogens with two attached hydrogens (primary N) is 1. The van der Waals surface area contributed by atoms with E-state index in [-0.39, 0.29) is 40.3 Å². The average Bonchev–Trinajstić information content (AvgIpc) is 2.39. The van der Waals surface area contributed by atoms with Crippen LogP contribution in [0.4, 0.5) is 11.5 Å². The van der Waals surface area contributed by atoms with Gasteiger partial charge in [-0.25, -0.2) is 8.42 Å². The monoisotopic (exact) mass is 300 g/mol. The van der Waals surface area contributed by atoms with Crippen molar-refractivity contribution in [2.75, 3.05) is 5.73 Å². The Labute approximate surface area is 140 Å². The smallest absolute Gasteiger partial charge is 0.423 e. The van der Waals surface area contributed by atoms with Crippen LogP contribution in [0.25, 0.3) is 4.72 Å². The van der Waals surface area contributed by atoms with Gasteiger partial charge in [0, 0.05) is 17.7 Å². The second-order valence-corrected chi connectivity index (χ2v) is 5.42. The number of aromatic nitrogens is 2. The van der Waals surface area contributed by atoms with Crippen molar-refractivity contribution in [2.24, 2.45) is 0 Å². The van der Waals surface area contributed by atoms with Crippen molar-refractivity contribution in [3.8, 4) is 0 Å².